The van der Waals surface area contributed by atoms with E-state index in [4.69, 9.17) is 4.74 Å². The molecule has 1 aromatic carbocycles. The van der Waals surface area contributed by atoms with Gasteiger partial charge < -0.3 is 9.30 Å². The Labute approximate surface area is 99.3 Å². The van der Waals surface area contributed by atoms with E-state index in [1.165, 1.54) is 7.11 Å². The van der Waals surface area contributed by atoms with E-state index >= 15 is 0 Å². The number of hydrogen-bond donors (Lipinski definition) is 0. The number of esters is 1. The number of allylic oxidation sites excluding steroid dienone is 1. The van der Waals surface area contributed by atoms with Crippen LogP contribution in [-0.4, -0.2) is 17.6 Å². The van der Waals surface area contributed by atoms with Crippen molar-refractivity contribution in [2.24, 2.45) is 0 Å². The van der Waals surface area contributed by atoms with E-state index in [0.29, 0.717) is 5.56 Å². The van der Waals surface area contributed by atoms with Gasteiger partial charge in [-0.15, -0.1) is 0 Å². The molecule has 0 fully saturated rings. The zero-order chi connectivity index (χ0) is 11.8. The topological polar surface area (TPSA) is 31.2 Å². The van der Waals surface area contributed by atoms with Crippen molar-refractivity contribution in [2.45, 2.75) is 13.0 Å². The van der Waals surface area contributed by atoms with Gasteiger partial charge in [-0.3, -0.25) is 0 Å². The summed E-state index contributed by atoms with van der Waals surface area (Å²) >= 11 is 0. The second kappa shape index (κ2) is 3.77. The summed E-state index contributed by atoms with van der Waals surface area (Å²) in [7, 11) is 1.42. The number of carbonyl (C=O) groups excluding carboxylic acids is 1. The standard InChI is InChI=1S/C14H13NO2/c1-17-14(16)13-10-6-2-3-7-11(10)15-9-5-4-8-12(13)15/h2-4,6-8H,5,9H2,1H3. The molecule has 3 rings (SSSR count). The molecule has 2 aromatic rings. The third-order valence-electron chi connectivity index (χ3n) is 3.20. The molecule has 0 amide bonds. The van der Waals surface area contributed by atoms with Crippen molar-refractivity contribution in [1.29, 1.82) is 0 Å². The lowest BCUT2D eigenvalue weighted by atomic mass is 10.1. The Kier molecular flexibility index (Phi) is 2.25. The molecule has 2 heterocycles. The summed E-state index contributed by atoms with van der Waals surface area (Å²) in [6.45, 7) is 0.920. The van der Waals surface area contributed by atoms with Crippen LogP contribution in [0.1, 0.15) is 22.5 Å². The van der Waals surface area contributed by atoms with E-state index in [1.807, 2.05) is 30.3 Å². The van der Waals surface area contributed by atoms with E-state index in [9.17, 15) is 4.79 Å². The molecular weight excluding hydrogens is 214 g/mol. The highest BCUT2D eigenvalue weighted by Gasteiger charge is 2.22. The van der Waals surface area contributed by atoms with Crippen LogP contribution in [0.2, 0.25) is 0 Å². The lowest BCUT2D eigenvalue weighted by molar-refractivity contribution is 0.0602. The number of nitrogens with zero attached hydrogens (tertiary/aromatic N) is 1. The van der Waals surface area contributed by atoms with Gasteiger partial charge in [0.25, 0.3) is 0 Å². The van der Waals surface area contributed by atoms with Crippen LogP contribution in [0, 0.1) is 0 Å². The van der Waals surface area contributed by atoms with Crippen molar-refractivity contribution < 1.29 is 9.53 Å². The minimum atomic E-state index is -0.263. The first-order chi connectivity index (χ1) is 8.33. The Balaban J connectivity index is 2.40. The van der Waals surface area contributed by atoms with Crippen molar-refractivity contribution in [3.63, 3.8) is 0 Å². The smallest absolute Gasteiger partial charge is 0.340 e. The molecule has 0 unspecified atom stereocenters. The van der Waals surface area contributed by atoms with Crippen molar-refractivity contribution in [3.8, 4) is 0 Å². The number of para-hydroxylation sites is 1. The SMILES string of the molecule is COC(=O)c1c2n(c3ccccc13)CCC=C2. The van der Waals surface area contributed by atoms with Crippen LogP contribution < -0.4 is 0 Å². The first-order valence-electron chi connectivity index (χ1n) is 5.69. The zero-order valence-corrected chi connectivity index (χ0v) is 9.64. The Morgan fingerprint density at radius 2 is 2.18 bits per heavy atom. The van der Waals surface area contributed by atoms with Gasteiger partial charge in [0.15, 0.2) is 0 Å². The summed E-state index contributed by atoms with van der Waals surface area (Å²) < 4.78 is 7.06. The van der Waals surface area contributed by atoms with Crippen LogP contribution in [0.4, 0.5) is 0 Å². The van der Waals surface area contributed by atoms with Gasteiger partial charge in [0, 0.05) is 17.4 Å². The third-order valence-corrected chi connectivity index (χ3v) is 3.20. The maximum Gasteiger partial charge on any atom is 0.340 e. The molecular formula is C14H13NO2. The van der Waals surface area contributed by atoms with E-state index in [2.05, 4.69) is 10.6 Å². The first-order valence-corrected chi connectivity index (χ1v) is 5.69. The lowest BCUT2D eigenvalue weighted by Crippen LogP contribution is -2.07. The molecule has 1 aliphatic rings. The van der Waals surface area contributed by atoms with Gasteiger partial charge in [0.1, 0.15) is 0 Å². The van der Waals surface area contributed by atoms with Gasteiger partial charge >= 0.3 is 5.97 Å². The summed E-state index contributed by atoms with van der Waals surface area (Å²) in [6.07, 6.45) is 5.11. The summed E-state index contributed by atoms with van der Waals surface area (Å²) in [5, 5.41) is 0.973. The molecule has 1 aliphatic heterocycles. The van der Waals surface area contributed by atoms with Gasteiger partial charge in [-0.25, -0.2) is 4.79 Å². The largest absolute Gasteiger partial charge is 0.465 e. The maximum absolute atomic E-state index is 11.9. The van der Waals surface area contributed by atoms with Crippen LogP contribution >= 0.6 is 0 Å². The Bertz CT molecular complexity index is 622. The molecule has 0 spiro atoms. The van der Waals surface area contributed by atoms with Crippen LogP contribution in [-0.2, 0) is 11.3 Å². The van der Waals surface area contributed by atoms with Gasteiger partial charge in [-0.05, 0) is 18.6 Å². The summed E-state index contributed by atoms with van der Waals surface area (Å²) in [5.41, 5.74) is 2.75. The van der Waals surface area contributed by atoms with Crippen molar-refractivity contribution in [2.75, 3.05) is 7.11 Å². The van der Waals surface area contributed by atoms with Crippen LogP contribution in [0.15, 0.2) is 30.3 Å². The number of ether oxygens (including phenoxy) is 1. The van der Waals surface area contributed by atoms with Crippen LogP contribution in [0.25, 0.3) is 17.0 Å². The predicted octanol–water partition coefficient (Wildman–Crippen LogP) is 2.84. The second-order valence-corrected chi connectivity index (χ2v) is 4.11. The number of aryl methyl sites for hydroxylation is 1. The monoisotopic (exact) mass is 227 g/mol. The Hall–Kier alpha value is -2.03. The molecule has 1 aromatic heterocycles. The highest BCUT2D eigenvalue weighted by atomic mass is 16.5. The Morgan fingerprint density at radius 3 is 3.00 bits per heavy atom. The highest BCUT2D eigenvalue weighted by Crippen LogP contribution is 2.30. The molecule has 86 valence electrons. The number of methoxy groups -OCH3 is 1. The van der Waals surface area contributed by atoms with Gasteiger partial charge in [-0.1, -0.05) is 24.3 Å². The number of rotatable bonds is 1. The van der Waals surface area contributed by atoms with Crippen molar-refractivity contribution in [3.05, 3.63) is 41.6 Å². The number of hydrogen-bond acceptors (Lipinski definition) is 2. The fourth-order valence-corrected chi connectivity index (χ4v) is 2.45. The molecule has 0 bridgehead atoms. The number of fused-ring (bicyclic) bond motifs is 3. The zero-order valence-electron chi connectivity index (χ0n) is 9.64. The number of benzene rings is 1. The van der Waals surface area contributed by atoms with Crippen LogP contribution in [0.5, 0.6) is 0 Å². The van der Waals surface area contributed by atoms with E-state index < -0.39 is 0 Å². The third kappa shape index (κ3) is 1.39. The average Bonchev–Trinajstić information content (AvgIpc) is 2.72. The summed E-state index contributed by atoms with van der Waals surface area (Å²) in [6, 6.07) is 7.96. The maximum atomic E-state index is 11.9. The molecule has 0 saturated carbocycles. The number of aromatic nitrogens is 1. The summed E-state index contributed by atoms with van der Waals surface area (Å²) in [4.78, 5) is 11.9. The fraction of sp³-hybridized carbons (Fsp3) is 0.214. The molecule has 17 heavy (non-hydrogen) atoms. The summed E-state index contributed by atoms with van der Waals surface area (Å²) in [5.74, 6) is -0.263. The molecule has 3 nitrogen and oxygen atoms in total. The van der Waals surface area contributed by atoms with Gasteiger partial charge in [0.05, 0.1) is 18.4 Å². The lowest BCUT2D eigenvalue weighted by Gasteiger charge is -2.11. The second-order valence-electron chi connectivity index (χ2n) is 4.11. The Morgan fingerprint density at radius 1 is 1.35 bits per heavy atom. The normalized spacial score (nSPS) is 13.7. The minimum Gasteiger partial charge on any atom is -0.465 e. The highest BCUT2D eigenvalue weighted by molar-refractivity contribution is 6.07. The van der Waals surface area contributed by atoms with Crippen LogP contribution in [0.3, 0.4) is 0 Å². The predicted molar refractivity (Wildman–Crippen MR) is 66.9 cm³/mol. The minimum absolute atomic E-state index is 0.263. The number of carbonyl (C=O) groups is 1. The first kappa shape index (κ1) is 10.1. The quantitative estimate of drug-likeness (QED) is 0.701. The molecule has 0 atom stereocenters. The molecule has 0 saturated heterocycles. The van der Waals surface area contributed by atoms with Gasteiger partial charge in [0.2, 0.25) is 0 Å². The van der Waals surface area contributed by atoms with E-state index in [-0.39, 0.29) is 5.97 Å². The molecule has 0 aliphatic carbocycles. The van der Waals surface area contributed by atoms with E-state index in [0.717, 1.165) is 29.6 Å². The molecule has 3 heteroatoms. The van der Waals surface area contributed by atoms with Crippen molar-refractivity contribution >= 4 is 22.9 Å². The molecule has 0 N–H and O–H groups in total. The van der Waals surface area contributed by atoms with Gasteiger partial charge in [-0.2, -0.15) is 0 Å². The van der Waals surface area contributed by atoms with Crippen molar-refractivity contribution in [1.82, 2.24) is 4.57 Å². The molecule has 0 radical (unpaired) electrons. The van der Waals surface area contributed by atoms with E-state index in [1.54, 1.807) is 0 Å². The fourth-order valence-electron chi connectivity index (χ4n) is 2.45. The average molecular weight is 227 g/mol.